The molecule has 4 rings (SSSR count). The Morgan fingerprint density at radius 1 is 1.03 bits per heavy atom. The number of hydrogen-bond acceptors (Lipinski definition) is 5. The van der Waals surface area contributed by atoms with Gasteiger partial charge in [0, 0.05) is 49.5 Å². The number of benzene rings is 2. The second-order valence-electron chi connectivity index (χ2n) is 7.11. The van der Waals surface area contributed by atoms with Crippen molar-refractivity contribution in [3.63, 3.8) is 0 Å². The molecule has 0 spiro atoms. The van der Waals surface area contributed by atoms with E-state index in [1.807, 2.05) is 53.4 Å². The van der Waals surface area contributed by atoms with Crippen LogP contribution in [0.3, 0.4) is 0 Å². The summed E-state index contributed by atoms with van der Waals surface area (Å²) >= 11 is 0. The van der Waals surface area contributed by atoms with Gasteiger partial charge >= 0.3 is 0 Å². The molecule has 1 amide bonds. The molecular formula is C22H29Cl2N3O3. The van der Waals surface area contributed by atoms with E-state index in [0.29, 0.717) is 6.54 Å². The minimum absolute atomic E-state index is 0. The topological polar surface area (TPSA) is 54.0 Å². The quantitative estimate of drug-likeness (QED) is 0.770. The molecule has 0 bridgehead atoms. The highest BCUT2D eigenvalue weighted by molar-refractivity contribution is 5.95. The average molecular weight is 454 g/mol. The lowest BCUT2D eigenvalue weighted by Crippen LogP contribution is -2.48. The molecule has 0 aliphatic carbocycles. The monoisotopic (exact) mass is 453 g/mol. The van der Waals surface area contributed by atoms with Crippen LogP contribution in [0, 0.1) is 0 Å². The first kappa shape index (κ1) is 24.3. The highest BCUT2D eigenvalue weighted by Crippen LogP contribution is 2.31. The number of nitrogens with zero attached hydrogens (tertiary/aromatic N) is 2. The molecule has 1 N–H and O–H groups in total. The van der Waals surface area contributed by atoms with Gasteiger partial charge in [-0.25, -0.2) is 0 Å². The van der Waals surface area contributed by atoms with E-state index in [-0.39, 0.29) is 36.8 Å². The number of para-hydroxylation sites is 1. The van der Waals surface area contributed by atoms with E-state index >= 15 is 0 Å². The van der Waals surface area contributed by atoms with Gasteiger partial charge in [0.15, 0.2) is 0 Å². The molecule has 2 fully saturated rings. The predicted molar refractivity (Wildman–Crippen MR) is 124 cm³/mol. The maximum Gasteiger partial charge on any atom is 0.254 e. The molecule has 1 atom stereocenters. The Bertz CT molecular complexity index is 814. The summed E-state index contributed by atoms with van der Waals surface area (Å²) in [5.41, 5.74) is 2.90. The van der Waals surface area contributed by atoms with E-state index in [1.165, 1.54) is 0 Å². The first-order valence-corrected chi connectivity index (χ1v) is 9.85. The van der Waals surface area contributed by atoms with E-state index in [4.69, 9.17) is 9.47 Å². The number of carbonyl (C=O) groups excluding carboxylic acids is 1. The summed E-state index contributed by atoms with van der Waals surface area (Å²) in [5, 5.41) is 3.41. The Morgan fingerprint density at radius 3 is 2.43 bits per heavy atom. The van der Waals surface area contributed by atoms with Gasteiger partial charge in [-0.15, -0.1) is 24.8 Å². The highest BCUT2D eigenvalue weighted by Gasteiger charge is 2.30. The summed E-state index contributed by atoms with van der Waals surface area (Å²) in [4.78, 5) is 17.5. The van der Waals surface area contributed by atoms with Crippen molar-refractivity contribution in [1.82, 2.24) is 10.2 Å². The number of hydrogen-bond donors (Lipinski definition) is 1. The van der Waals surface area contributed by atoms with E-state index < -0.39 is 0 Å². The number of anilines is 1. The number of piperazine rings is 1. The zero-order valence-electron chi connectivity index (χ0n) is 17.1. The molecule has 2 aromatic rings. The van der Waals surface area contributed by atoms with Gasteiger partial charge in [-0.1, -0.05) is 18.2 Å². The number of nitrogens with one attached hydrogen (secondary N) is 1. The molecule has 2 aromatic carbocycles. The minimum atomic E-state index is -0.0451. The number of methoxy groups -OCH3 is 1. The van der Waals surface area contributed by atoms with Crippen molar-refractivity contribution >= 4 is 36.4 Å². The first-order valence-electron chi connectivity index (χ1n) is 9.85. The molecule has 8 heteroatoms. The first-order chi connectivity index (χ1) is 13.8. The lowest BCUT2D eigenvalue weighted by atomic mass is 10.0. The van der Waals surface area contributed by atoms with Crippen molar-refractivity contribution in [3.05, 3.63) is 59.7 Å². The summed E-state index contributed by atoms with van der Waals surface area (Å²) < 4.78 is 11.0. The summed E-state index contributed by atoms with van der Waals surface area (Å²) in [6, 6.07) is 15.8. The van der Waals surface area contributed by atoms with Crippen LogP contribution in [0.4, 0.5) is 5.69 Å². The van der Waals surface area contributed by atoms with Crippen LogP contribution in [0.15, 0.2) is 48.5 Å². The predicted octanol–water partition coefficient (Wildman–Crippen LogP) is 3.16. The Kier molecular flexibility index (Phi) is 9.24. The maximum atomic E-state index is 13.3. The third-order valence-electron chi connectivity index (χ3n) is 5.49. The van der Waals surface area contributed by atoms with E-state index in [9.17, 15) is 4.79 Å². The van der Waals surface area contributed by atoms with Crippen molar-refractivity contribution < 1.29 is 14.3 Å². The molecule has 164 valence electrons. The molecule has 2 heterocycles. The molecule has 1 unspecified atom stereocenters. The molecule has 0 saturated carbocycles. The van der Waals surface area contributed by atoms with Crippen LogP contribution in [0.1, 0.15) is 22.0 Å². The molecule has 0 aromatic heterocycles. The third-order valence-corrected chi connectivity index (χ3v) is 5.49. The van der Waals surface area contributed by atoms with Gasteiger partial charge in [-0.05, 0) is 30.3 Å². The fourth-order valence-corrected chi connectivity index (χ4v) is 3.97. The zero-order chi connectivity index (χ0) is 19.3. The lowest BCUT2D eigenvalue weighted by Gasteiger charge is -2.37. The van der Waals surface area contributed by atoms with Crippen molar-refractivity contribution in [2.24, 2.45) is 0 Å². The molecule has 0 radical (unpaired) electrons. The van der Waals surface area contributed by atoms with Gasteiger partial charge in [0.05, 0.1) is 26.4 Å². The van der Waals surface area contributed by atoms with Crippen LogP contribution in [-0.4, -0.2) is 63.9 Å². The van der Waals surface area contributed by atoms with Crippen molar-refractivity contribution in [2.45, 2.75) is 6.04 Å². The fourth-order valence-electron chi connectivity index (χ4n) is 3.97. The summed E-state index contributed by atoms with van der Waals surface area (Å²) in [5.74, 6) is 0.877. The summed E-state index contributed by atoms with van der Waals surface area (Å²) in [6.07, 6.45) is 0. The number of morpholine rings is 1. The summed E-state index contributed by atoms with van der Waals surface area (Å²) in [6.45, 7) is 5.47. The molecule has 2 aliphatic heterocycles. The second-order valence-corrected chi connectivity index (χ2v) is 7.11. The smallest absolute Gasteiger partial charge is 0.254 e. The maximum absolute atomic E-state index is 13.3. The standard InChI is InChI=1S/C22H27N3O3.2ClH/c1-27-21-5-3-2-4-19(21)20-16-23-10-11-25(20)22(26)17-6-8-18(9-7-17)24-12-14-28-15-13-24;;/h2-9,20,23H,10-16H2,1H3;2*1H. The Morgan fingerprint density at radius 2 is 1.73 bits per heavy atom. The van der Waals surface area contributed by atoms with Crippen LogP contribution < -0.4 is 15.0 Å². The molecule has 6 nitrogen and oxygen atoms in total. The van der Waals surface area contributed by atoms with Gasteiger partial charge < -0.3 is 24.6 Å². The van der Waals surface area contributed by atoms with Crippen LogP contribution >= 0.6 is 24.8 Å². The van der Waals surface area contributed by atoms with E-state index in [1.54, 1.807) is 7.11 Å². The molecule has 2 aliphatic rings. The van der Waals surface area contributed by atoms with Gasteiger partial charge in [0.1, 0.15) is 5.75 Å². The number of carbonyl (C=O) groups is 1. The van der Waals surface area contributed by atoms with E-state index in [0.717, 1.165) is 62.0 Å². The number of amides is 1. The van der Waals surface area contributed by atoms with Gasteiger partial charge in [-0.2, -0.15) is 0 Å². The Balaban J connectivity index is 0.00000160. The lowest BCUT2D eigenvalue weighted by molar-refractivity contribution is 0.0631. The number of ether oxygens (including phenoxy) is 2. The number of halogens is 2. The normalized spacial score (nSPS) is 18.8. The van der Waals surface area contributed by atoms with Gasteiger partial charge in [0.2, 0.25) is 0 Å². The molecule has 30 heavy (non-hydrogen) atoms. The molecular weight excluding hydrogens is 425 g/mol. The SMILES string of the molecule is COc1ccccc1C1CNCCN1C(=O)c1ccc(N2CCOCC2)cc1.Cl.Cl. The van der Waals surface area contributed by atoms with Crippen LogP contribution in [0.2, 0.25) is 0 Å². The Labute approximate surface area is 190 Å². The van der Waals surface area contributed by atoms with Gasteiger partial charge in [-0.3, -0.25) is 4.79 Å². The third kappa shape index (κ3) is 5.19. The second kappa shape index (κ2) is 11.4. The number of rotatable bonds is 4. The van der Waals surface area contributed by atoms with Crippen molar-refractivity contribution in [3.8, 4) is 5.75 Å². The Hall–Kier alpha value is -1.99. The van der Waals surface area contributed by atoms with Gasteiger partial charge in [0.25, 0.3) is 5.91 Å². The summed E-state index contributed by atoms with van der Waals surface area (Å²) in [7, 11) is 1.67. The fraction of sp³-hybridized carbons (Fsp3) is 0.409. The largest absolute Gasteiger partial charge is 0.496 e. The zero-order valence-corrected chi connectivity index (χ0v) is 18.7. The van der Waals surface area contributed by atoms with Crippen LogP contribution in [-0.2, 0) is 4.74 Å². The average Bonchev–Trinajstić information content (AvgIpc) is 2.79. The van der Waals surface area contributed by atoms with E-state index in [2.05, 4.69) is 10.2 Å². The van der Waals surface area contributed by atoms with Crippen molar-refractivity contribution in [2.75, 3.05) is 57.9 Å². The van der Waals surface area contributed by atoms with Crippen LogP contribution in [0.5, 0.6) is 5.75 Å². The minimum Gasteiger partial charge on any atom is -0.496 e. The highest BCUT2D eigenvalue weighted by atomic mass is 35.5. The molecule has 2 saturated heterocycles. The van der Waals surface area contributed by atoms with Crippen molar-refractivity contribution in [1.29, 1.82) is 0 Å². The van der Waals surface area contributed by atoms with Crippen LogP contribution in [0.25, 0.3) is 0 Å².